The van der Waals surface area contributed by atoms with Crippen molar-refractivity contribution >= 4 is 11.7 Å². The zero-order valence-electron chi connectivity index (χ0n) is 5.76. The van der Waals surface area contributed by atoms with Crippen LogP contribution in [0.25, 0.3) is 0 Å². The average Bonchev–Trinajstić information content (AvgIpc) is 1.59. The summed E-state index contributed by atoms with van der Waals surface area (Å²) in [5.41, 5.74) is 6.46. The van der Waals surface area contributed by atoms with Crippen LogP contribution in [0.15, 0.2) is 9.98 Å². The smallest absolute Gasteiger partial charge is 0.215 e. The summed E-state index contributed by atoms with van der Waals surface area (Å²) in [4.78, 5) is 8.02. The summed E-state index contributed by atoms with van der Waals surface area (Å²) in [6, 6.07) is 0.322. The first kappa shape index (κ1) is 6.26. The molecule has 3 nitrogen and oxygen atoms in total. The van der Waals surface area contributed by atoms with Crippen LogP contribution in [-0.2, 0) is 0 Å². The molecule has 0 amide bonds. The van der Waals surface area contributed by atoms with E-state index in [2.05, 4.69) is 9.98 Å². The van der Waals surface area contributed by atoms with Gasteiger partial charge in [0.05, 0.1) is 6.04 Å². The molecule has 3 heteroatoms. The molecule has 1 unspecified atom stereocenters. The van der Waals surface area contributed by atoms with E-state index in [1.165, 1.54) is 0 Å². The minimum Gasteiger partial charge on any atom is -0.368 e. The van der Waals surface area contributed by atoms with Crippen LogP contribution in [0.5, 0.6) is 0 Å². The molecule has 1 heterocycles. The molecule has 1 aliphatic rings. The zero-order chi connectivity index (χ0) is 6.85. The highest BCUT2D eigenvalue weighted by atomic mass is 15.1. The van der Waals surface area contributed by atoms with Crippen LogP contribution in [0, 0.1) is 0 Å². The molecule has 9 heavy (non-hydrogen) atoms. The average molecular weight is 125 g/mol. The van der Waals surface area contributed by atoms with Gasteiger partial charge in [-0.15, -0.1) is 0 Å². The van der Waals surface area contributed by atoms with Gasteiger partial charge < -0.3 is 5.73 Å². The van der Waals surface area contributed by atoms with Gasteiger partial charge in [0.1, 0.15) is 0 Å². The molecule has 0 bridgehead atoms. The Labute approximate surface area is 54.7 Å². The van der Waals surface area contributed by atoms with Gasteiger partial charge in [0.15, 0.2) is 0 Å². The Morgan fingerprint density at radius 1 is 1.67 bits per heavy atom. The molecule has 0 radical (unpaired) electrons. The van der Waals surface area contributed by atoms with Crippen LogP contribution in [0.3, 0.4) is 0 Å². The first-order valence-electron chi connectivity index (χ1n) is 3.06. The normalized spacial score (nSPS) is 27.1. The molecule has 0 saturated carbocycles. The van der Waals surface area contributed by atoms with Gasteiger partial charge in [-0.2, -0.15) is 0 Å². The summed E-state index contributed by atoms with van der Waals surface area (Å²) < 4.78 is 0. The van der Waals surface area contributed by atoms with Crippen LogP contribution in [0.4, 0.5) is 0 Å². The van der Waals surface area contributed by atoms with Gasteiger partial charge in [-0.3, -0.25) is 0 Å². The molecule has 2 N–H and O–H groups in total. The Morgan fingerprint density at radius 2 is 2.33 bits per heavy atom. The molecule has 1 aliphatic heterocycles. The van der Waals surface area contributed by atoms with Crippen molar-refractivity contribution in [2.45, 2.75) is 26.3 Å². The molecule has 0 saturated heterocycles. The SMILES string of the molecule is CC1=NC(N)=NC(C)C1. The van der Waals surface area contributed by atoms with Crippen LogP contribution in [0.1, 0.15) is 20.3 Å². The van der Waals surface area contributed by atoms with E-state index in [-0.39, 0.29) is 0 Å². The molecule has 0 aromatic rings. The van der Waals surface area contributed by atoms with Crippen molar-refractivity contribution in [3.05, 3.63) is 0 Å². The molecule has 0 spiro atoms. The van der Waals surface area contributed by atoms with Crippen LogP contribution < -0.4 is 5.73 Å². The van der Waals surface area contributed by atoms with E-state index in [4.69, 9.17) is 5.73 Å². The summed E-state index contributed by atoms with van der Waals surface area (Å²) in [5, 5.41) is 0. The molecule has 1 rings (SSSR count). The second-order valence-corrected chi connectivity index (χ2v) is 2.39. The van der Waals surface area contributed by atoms with Gasteiger partial charge in [0.2, 0.25) is 5.96 Å². The van der Waals surface area contributed by atoms with Gasteiger partial charge in [-0.05, 0) is 13.8 Å². The molecule has 0 aromatic carbocycles. The molecule has 1 atom stereocenters. The third kappa shape index (κ3) is 1.52. The number of guanidine groups is 1. The summed E-state index contributed by atoms with van der Waals surface area (Å²) in [6.45, 7) is 4.00. The lowest BCUT2D eigenvalue weighted by Crippen LogP contribution is -2.21. The van der Waals surface area contributed by atoms with Crippen molar-refractivity contribution in [1.82, 2.24) is 0 Å². The highest BCUT2D eigenvalue weighted by Crippen LogP contribution is 2.03. The second-order valence-electron chi connectivity index (χ2n) is 2.39. The first-order valence-corrected chi connectivity index (χ1v) is 3.06. The van der Waals surface area contributed by atoms with Gasteiger partial charge in [0.25, 0.3) is 0 Å². The van der Waals surface area contributed by atoms with Crippen LogP contribution >= 0.6 is 0 Å². The Kier molecular flexibility index (Phi) is 1.51. The van der Waals surface area contributed by atoms with Crippen LogP contribution in [-0.4, -0.2) is 17.7 Å². The maximum Gasteiger partial charge on any atom is 0.215 e. The topological polar surface area (TPSA) is 50.7 Å². The largest absolute Gasteiger partial charge is 0.368 e. The molecular weight excluding hydrogens is 114 g/mol. The van der Waals surface area contributed by atoms with E-state index in [0.29, 0.717) is 12.0 Å². The lowest BCUT2D eigenvalue weighted by molar-refractivity contribution is 0.764. The summed E-state index contributed by atoms with van der Waals surface area (Å²) in [6.07, 6.45) is 0.945. The monoisotopic (exact) mass is 125 g/mol. The summed E-state index contributed by atoms with van der Waals surface area (Å²) in [5.74, 6) is 0.422. The number of aliphatic imine (C=N–C) groups is 2. The number of nitrogens with two attached hydrogens (primary N) is 1. The lowest BCUT2D eigenvalue weighted by Gasteiger charge is -2.10. The number of nitrogens with zero attached hydrogens (tertiary/aromatic N) is 2. The van der Waals surface area contributed by atoms with Crippen molar-refractivity contribution in [2.24, 2.45) is 15.7 Å². The van der Waals surface area contributed by atoms with Gasteiger partial charge in [-0.25, -0.2) is 9.98 Å². The second kappa shape index (κ2) is 2.17. The predicted molar refractivity (Wildman–Crippen MR) is 38.8 cm³/mol. The Hall–Kier alpha value is -0.860. The Morgan fingerprint density at radius 3 is 2.78 bits per heavy atom. The number of rotatable bonds is 0. The Bertz CT molecular complexity index is 169. The maximum atomic E-state index is 5.38. The molecule has 0 aliphatic carbocycles. The molecular formula is C6H11N3. The van der Waals surface area contributed by atoms with E-state index >= 15 is 0 Å². The minimum absolute atomic E-state index is 0.322. The van der Waals surface area contributed by atoms with Gasteiger partial charge in [0, 0.05) is 12.1 Å². The van der Waals surface area contributed by atoms with Crippen molar-refractivity contribution < 1.29 is 0 Å². The third-order valence-electron chi connectivity index (χ3n) is 1.25. The van der Waals surface area contributed by atoms with E-state index in [0.717, 1.165) is 12.1 Å². The lowest BCUT2D eigenvalue weighted by atomic mass is 10.1. The quantitative estimate of drug-likeness (QED) is 0.505. The summed E-state index contributed by atoms with van der Waals surface area (Å²) in [7, 11) is 0. The summed E-state index contributed by atoms with van der Waals surface area (Å²) >= 11 is 0. The van der Waals surface area contributed by atoms with E-state index in [1.54, 1.807) is 0 Å². The fraction of sp³-hybridized carbons (Fsp3) is 0.667. The van der Waals surface area contributed by atoms with Gasteiger partial charge >= 0.3 is 0 Å². The van der Waals surface area contributed by atoms with Crippen molar-refractivity contribution in [3.8, 4) is 0 Å². The highest BCUT2D eigenvalue weighted by molar-refractivity contribution is 5.97. The van der Waals surface area contributed by atoms with Crippen molar-refractivity contribution in [3.63, 3.8) is 0 Å². The van der Waals surface area contributed by atoms with Crippen LogP contribution in [0.2, 0.25) is 0 Å². The third-order valence-corrected chi connectivity index (χ3v) is 1.25. The molecule has 0 fully saturated rings. The zero-order valence-corrected chi connectivity index (χ0v) is 5.76. The molecule has 50 valence electrons. The fourth-order valence-corrected chi connectivity index (χ4v) is 0.969. The van der Waals surface area contributed by atoms with Gasteiger partial charge in [-0.1, -0.05) is 0 Å². The minimum atomic E-state index is 0.322. The molecule has 0 aromatic heterocycles. The van der Waals surface area contributed by atoms with E-state index in [9.17, 15) is 0 Å². The standard InChI is InChI=1S/C6H11N3/c1-4-3-5(2)9-6(7)8-4/h4H,3H2,1-2H3,(H2,7,8). The van der Waals surface area contributed by atoms with E-state index < -0.39 is 0 Å². The van der Waals surface area contributed by atoms with E-state index in [1.807, 2.05) is 13.8 Å². The Balaban J connectivity index is 2.74. The number of hydrogen-bond acceptors (Lipinski definition) is 3. The fourth-order valence-electron chi connectivity index (χ4n) is 0.969. The maximum absolute atomic E-state index is 5.38. The first-order chi connectivity index (χ1) is 4.18. The van der Waals surface area contributed by atoms with Crippen molar-refractivity contribution in [1.29, 1.82) is 0 Å². The number of hydrogen-bond donors (Lipinski definition) is 1. The predicted octanol–water partition coefficient (Wildman–Crippen LogP) is 0.554. The van der Waals surface area contributed by atoms with Crippen molar-refractivity contribution in [2.75, 3.05) is 0 Å². The highest BCUT2D eigenvalue weighted by Gasteiger charge is 2.07.